The predicted molar refractivity (Wildman–Crippen MR) is 73.3 cm³/mol. The molecule has 0 aliphatic carbocycles. The minimum atomic E-state index is -1.34. The Balaban J connectivity index is 2.66. The van der Waals surface area contributed by atoms with E-state index in [2.05, 4.69) is 5.32 Å². The van der Waals surface area contributed by atoms with E-state index in [0.29, 0.717) is 11.3 Å². The Kier molecular flexibility index (Phi) is 5.28. The highest BCUT2D eigenvalue weighted by molar-refractivity contribution is 5.95. The number of carbonyl (C=O) groups is 3. The van der Waals surface area contributed by atoms with Crippen molar-refractivity contribution in [1.82, 2.24) is 5.32 Å². The molecule has 0 aromatic heterocycles. The molecule has 1 rings (SSSR count). The van der Waals surface area contributed by atoms with E-state index in [4.69, 9.17) is 16.6 Å². The van der Waals surface area contributed by atoms with Crippen molar-refractivity contribution in [3.05, 3.63) is 35.9 Å². The monoisotopic (exact) mass is 277 g/mol. The van der Waals surface area contributed by atoms with Crippen LogP contribution in [0.4, 0.5) is 5.69 Å². The van der Waals surface area contributed by atoms with Crippen LogP contribution in [0.3, 0.4) is 0 Å². The van der Waals surface area contributed by atoms with E-state index in [9.17, 15) is 14.4 Å². The Morgan fingerprint density at radius 1 is 1.35 bits per heavy atom. The van der Waals surface area contributed by atoms with Crippen LogP contribution in [0.5, 0.6) is 0 Å². The van der Waals surface area contributed by atoms with Crippen molar-refractivity contribution < 1.29 is 19.5 Å². The van der Waals surface area contributed by atoms with Gasteiger partial charge in [0, 0.05) is 11.8 Å². The minimum Gasteiger partial charge on any atom is -0.480 e. The minimum absolute atomic E-state index is 0.465. The van der Waals surface area contributed by atoms with Crippen molar-refractivity contribution in [2.75, 3.05) is 5.73 Å². The lowest BCUT2D eigenvalue weighted by molar-refractivity contribution is -0.142. The highest BCUT2D eigenvalue weighted by Gasteiger charge is 2.20. The molecule has 0 saturated heterocycles. The quantitative estimate of drug-likeness (QED) is 0.419. The number of nitrogen functional groups attached to an aromatic ring is 1. The number of carboxylic acid groups (broad SMARTS) is 1. The van der Waals surface area contributed by atoms with Crippen LogP contribution in [0.1, 0.15) is 12.0 Å². The number of primary amides is 1. The van der Waals surface area contributed by atoms with Gasteiger partial charge in [-0.25, -0.2) is 4.79 Å². The number of hydrogen-bond acceptors (Lipinski definition) is 4. The largest absolute Gasteiger partial charge is 0.480 e. The Morgan fingerprint density at radius 3 is 2.60 bits per heavy atom. The van der Waals surface area contributed by atoms with Crippen molar-refractivity contribution in [1.29, 1.82) is 0 Å². The zero-order valence-corrected chi connectivity index (χ0v) is 10.6. The van der Waals surface area contributed by atoms with Gasteiger partial charge in [0.2, 0.25) is 11.8 Å². The summed E-state index contributed by atoms with van der Waals surface area (Å²) >= 11 is 0. The third kappa shape index (κ3) is 5.21. The third-order valence-electron chi connectivity index (χ3n) is 2.36. The number of anilines is 1. The Bertz CT molecular complexity index is 554. The van der Waals surface area contributed by atoms with Crippen LogP contribution in [-0.2, 0) is 14.4 Å². The van der Waals surface area contributed by atoms with E-state index in [1.165, 1.54) is 6.08 Å². The number of nitrogens with one attached hydrogen (secondary N) is 1. The number of amides is 2. The fourth-order valence-corrected chi connectivity index (χ4v) is 1.46. The summed E-state index contributed by atoms with van der Waals surface area (Å²) in [6.45, 7) is 0. The number of carbonyl (C=O) groups excluding carboxylic acids is 2. The van der Waals surface area contributed by atoms with E-state index in [1.54, 1.807) is 24.3 Å². The van der Waals surface area contributed by atoms with Gasteiger partial charge in [-0.2, -0.15) is 0 Å². The number of benzene rings is 1. The predicted octanol–water partition coefficient (Wildman–Crippen LogP) is -0.273. The molecule has 1 aromatic carbocycles. The molecule has 0 radical (unpaired) electrons. The number of carboxylic acids is 1. The van der Waals surface area contributed by atoms with Crippen LogP contribution in [-0.4, -0.2) is 28.9 Å². The average molecular weight is 277 g/mol. The van der Waals surface area contributed by atoms with Gasteiger partial charge in [-0.15, -0.1) is 0 Å². The second-order valence-corrected chi connectivity index (χ2v) is 4.07. The van der Waals surface area contributed by atoms with Gasteiger partial charge in [-0.3, -0.25) is 9.59 Å². The molecule has 0 fully saturated rings. The standard InChI is InChI=1S/C13H15N3O4/c14-9-3-1-2-8(6-9)4-5-12(18)16-10(13(19)20)7-11(15)17/h1-6,10H,7,14H2,(H2,15,17)(H,16,18)(H,19,20)/b5-4+/t10-/m1/s1. The smallest absolute Gasteiger partial charge is 0.326 e. The Labute approximate surface area is 115 Å². The van der Waals surface area contributed by atoms with Gasteiger partial charge in [0.05, 0.1) is 6.42 Å². The first-order valence-electron chi connectivity index (χ1n) is 5.73. The zero-order chi connectivity index (χ0) is 15.1. The van der Waals surface area contributed by atoms with Gasteiger partial charge in [-0.1, -0.05) is 12.1 Å². The fraction of sp³-hybridized carbons (Fsp3) is 0.154. The lowest BCUT2D eigenvalue weighted by Crippen LogP contribution is -2.42. The van der Waals surface area contributed by atoms with Crippen molar-refractivity contribution >= 4 is 29.5 Å². The first kappa shape index (κ1) is 15.2. The first-order chi connectivity index (χ1) is 9.38. The molecule has 0 aliphatic rings. The van der Waals surface area contributed by atoms with Crippen LogP contribution >= 0.6 is 0 Å². The van der Waals surface area contributed by atoms with Crippen molar-refractivity contribution in [3.63, 3.8) is 0 Å². The number of hydrogen-bond donors (Lipinski definition) is 4. The molecule has 1 atom stereocenters. The Morgan fingerprint density at radius 2 is 2.05 bits per heavy atom. The maximum absolute atomic E-state index is 11.6. The van der Waals surface area contributed by atoms with E-state index in [0.717, 1.165) is 6.08 Å². The summed E-state index contributed by atoms with van der Waals surface area (Å²) in [7, 11) is 0. The molecule has 0 aliphatic heterocycles. The molecule has 7 nitrogen and oxygen atoms in total. The normalized spacial score (nSPS) is 12.0. The Hall–Kier alpha value is -2.83. The average Bonchev–Trinajstić information content (AvgIpc) is 2.35. The second-order valence-electron chi connectivity index (χ2n) is 4.07. The molecule has 0 unspecified atom stereocenters. The SMILES string of the molecule is NC(=O)C[C@@H](NC(=O)/C=C/c1cccc(N)c1)C(=O)O. The molecule has 1 aromatic rings. The van der Waals surface area contributed by atoms with E-state index in [-0.39, 0.29) is 0 Å². The highest BCUT2D eigenvalue weighted by Crippen LogP contribution is 2.07. The lowest BCUT2D eigenvalue weighted by Gasteiger charge is -2.10. The molecule has 0 saturated carbocycles. The summed E-state index contributed by atoms with van der Waals surface area (Å²) in [5, 5.41) is 11.0. The molecule has 6 N–H and O–H groups in total. The summed E-state index contributed by atoms with van der Waals surface area (Å²) in [6, 6.07) is 5.47. The van der Waals surface area contributed by atoms with E-state index >= 15 is 0 Å². The maximum Gasteiger partial charge on any atom is 0.326 e. The van der Waals surface area contributed by atoms with Crippen molar-refractivity contribution in [2.45, 2.75) is 12.5 Å². The summed E-state index contributed by atoms with van der Waals surface area (Å²) in [5.41, 5.74) is 11.7. The van der Waals surface area contributed by atoms with Gasteiger partial charge in [0.15, 0.2) is 0 Å². The highest BCUT2D eigenvalue weighted by atomic mass is 16.4. The third-order valence-corrected chi connectivity index (χ3v) is 2.36. The topological polar surface area (TPSA) is 136 Å². The van der Waals surface area contributed by atoms with Crippen LogP contribution < -0.4 is 16.8 Å². The molecular weight excluding hydrogens is 262 g/mol. The summed E-state index contributed by atoms with van der Waals surface area (Å²) in [6.07, 6.45) is 2.17. The summed E-state index contributed by atoms with van der Waals surface area (Å²) in [4.78, 5) is 33.1. The van der Waals surface area contributed by atoms with Gasteiger partial charge < -0.3 is 21.9 Å². The molecule has 106 valence electrons. The van der Waals surface area contributed by atoms with E-state index in [1.807, 2.05) is 0 Å². The fourth-order valence-electron chi connectivity index (χ4n) is 1.46. The van der Waals surface area contributed by atoms with Crippen LogP contribution in [0, 0.1) is 0 Å². The number of nitrogens with two attached hydrogens (primary N) is 2. The molecular formula is C13H15N3O4. The van der Waals surface area contributed by atoms with Crippen molar-refractivity contribution in [3.8, 4) is 0 Å². The van der Waals surface area contributed by atoms with Gasteiger partial charge in [0.1, 0.15) is 6.04 Å². The number of rotatable bonds is 6. The molecule has 0 spiro atoms. The lowest BCUT2D eigenvalue weighted by atomic mass is 10.1. The first-order valence-corrected chi connectivity index (χ1v) is 5.73. The van der Waals surface area contributed by atoms with Crippen molar-refractivity contribution in [2.24, 2.45) is 5.73 Å². The van der Waals surface area contributed by atoms with Crippen LogP contribution in [0.15, 0.2) is 30.3 Å². The number of aliphatic carboxylic acids is 1. The van der Waals surface area contributed by atoms with Crippen LogP contribution in [0.25, 0.3) is 6.08 Å². The zero-order valence-electron chi connectivity index (χ0n) is 10.6. The maximum atomic E-state index is 11.6. The molecule has 2 amide bonds. The van der Waals surface area contributed by atoms with Gasteiger partial charge in [0.25, 0.3) is 0 Å². The van der Waals surface area contributed by atoms with Gasteiger partial charge in [-0.05, 0) is 23.8 Å². The van der Waals surface area contributed by atoms with E-state index < -0.39 is 30.2 Å². The van der Waals surface area contributed by atoms with Gasteiger partial charge >= 0.3 is 5.97 Å². The molecule has 0 heterocycles. The molecule has 7 heteroatoms. The molecule has 0 bridgehead atoms. The second kappa shape index (κ2) is 6.93. The summed E-state index contributed by atoms with van der Waals surface area (Å²) < 4.78 is 0. The molecule has 20 heavy (non-hydrogen) atoms. The summed E-state index contributed by atoms with van der Waals surface area (Å²) in [5.74, 6) is -2.77. The van der Waals surface area contributed by atoms with Crippen LogP contribution in [0.2, 0.25) is 0 Å².